The summed E-state index contributed by atoms with van der Waals surface area (Å²) in [7, 11) is 4.32. The average molecular weight is 1050 g/mol. The predicted octanol–water partition coefficient (Wildman–Crippen LogP) is 5.41. The molecule has 2 atom stereocenters. The van der Waals surface area contributed by atoms with Crippen LogP contribution in [0.15, 0.2) is 96.0 Å². The van der Waals surface area contributed by atoms with Gasteiger partial charge in [0.1, 0.15) is 13.2 Å². The zero-order valence-corrected chi connectivity index (χ0v) is 42.8. The van der Waals surface area contributed by atoms with Crippen molar-refractivity contribution in [2.24, 2.45) is 16.8 Å². The van der Waals surface area contributed by atoms with Crippen LogP contribution in [-0.2, 0) is 54.8 Å². The summed E-state index contributed by atoms with van der Waals surface area (Å²) in [5.41, 5.74) is 7.28. The highest BCUT2D eigenvalue weighted by Crippen LogP contribution is 2.43. The molecule has 1 saturated carbocycles. The van der Waals surface area contributed by atoms with Crippen molar-refractivity contribution in [2.75, 3.05) is 67.9 Å². The van der Waals surface area contributed by atoms with Gasteiger partial charge >= 0.3 is 5.97 Å². The summed E-state index contributed by atoms with van der Waals surface area (Å²) >= 11 is 0. The molecule has 5 aromatic carbocycles. The maximum Gasteiger partial charge on any atom is 0.308 e. The number of benzene rings is 5. The maximum atomic E-state index is 14.1. The molecule has 20 heteroatoms. The Morgan fingerprint density at radius 1 is 0.623 bits per heavy atom. The van der Waals surface area contributed by atoms with Gasteiger partial charge in [-0.05, 0) is 96.8 Å². The van der Waals surface area contributed by atoms with Crippen molar-refractivity contribution in [3.05, 3.63) is 124 Å². The SMILES string of the molecule is COc1cc2c(cc1OCc1cc(COc3cc4c(cc3OC)C(=O)N3c5ccccc5C[C@H]3CN4)cc(NC(=O)CNC(=O)CNC(=O)CNC(=O)[C@H]3CC[C@H](C(=O)OC)CC3)c1)N=C[C@@H]1Cc3ccccc3N1C2=O. The number of hydrogen-bond acceptors (Lipinski definition) is 14. The van der Waals surface area contributed by atoms with Gasteiger partial charge in [-0.2, -0.15) is 0 Å². The van der Waals surface area contributed by atoms with E-state index >= 15 is 0 Å². The Balaban J connectivity index is 0.815. The Bertz CT molecular complexity index is 3210. The number of anilines is 4. The van der Waals surface area contributed by atoms with E-state index in [2.05, 4.69) is 26.6 Å². The number of nitrogens with one attached hydrogen (secondary N) is 5. The summed E-state index contributed by atoms with van der Waals surface area (Å²) in [5.74, 6) is -2.00. The van der Waals surface area contributed by atoms with Crippen LogP contribution in [0.4, 0.5) is 28.4 Å². The lowest BCUT2D eigenvalue weighted by atomic mass is 9.81. The van der Waals surface area contributed by atoms with E-state index in [1.165, 1.54) is 21.3 Å². The highest BCUT2D eigenvalue weighted by atomic mass is 16.5. The summed E-state index contributed by atoms with van der Waals surface area (Å²) in [5, 5.41) is 13.8. The zero-order valence-electron chi connectivity index (χ0n) is 42.8. The van der Waals surface area contributed by atoms with Gasteiger partial charge in [0.15, 0.2) is 23.0 Å². The third-order valence-electron chi connectivity index (χ3n) is 14.6. The fraction of sp³-hybridized carbons (Fsp3) is 0.333. The maximum absolute atomic E-state index is 14.1. The molecule has 5 N–H and O–H groups in total. The van der Waals surface area contributed by atoms with E-state index in [0.717, 1.165) is 28.9 Å². The minimum absolute atomic E-state index is 0.0187. The number of fused-ring (bicyclic) bond motifs is 8. The summed E-state index contributed by atoms with van der Waals surface area (Å²) in [6.45, 7) is -0.761. The molecule has 5 aromatic rings. The van der Waals surface area contributed by atoms with Gasteiger partial charge in [0.2, 0.25) is 23.6 Å². The molecule has 0 saturated heterocycles. The quantitative estimate of drug-likeness (QED) is 0.0733. The topological polar surface area (TPSA) is 245 Å². The molecule has 5 aliphatic rings. The molecular weight excluding hydrogens is 989 g/mol. The van der Waals surface area contributed by atoms with Gasteiger partial charge in [0.25, 0.3) is 11.8 Å². The summed E-state index contributed by atoms with van der Waals surface area (Å²) in [6, 6.07) is 27.3. The van der Waals surface area contributed by atoms with E-state index in [-0.39, 0.29) is 67.4 Å². The van der Waals surface area contributed by atoms with Crippen LogP contribution in [0.3, 0.4) is 0 Å². The molecule has 1 aliphatic carbocycles. The van der Waals surface area contributed by atoms with Crippen LogP contribution in [0, 0.1) is 11.8 Å². The van der Waals surface area contributed by atoms with E-state index in [9.17, 15) is 33.6 Å². The second kappa shape index (κ2) is 22.5. The number of aliphatic imine (C=N–C) groups is 1. The summed E-state index contributed by atoms with van der Waals surface area (Å²) in [6.07, 6.45) is 5.17. The Morgan fingerprint density at radius 3 is 1.86 bits per heavy atom. The molecular formula is C57H58N8O12. The van der Waals surface area contributed by atoms with E-state index in [1.54, 1.807) is 47.5 Å². The molecule has 6 amide bonds. The highest BCUT2D eigenvalue weighted by molar-refractivity contribution is 6.15. The Labute approximate surface area is 443 Å². The van der Waals surface area contributed by atoms with Crippen LogP contribution in [0.2, 0.25) is 0 Å². The number of ether oxygens (including phenoxy) is 5. The molecule has 20 nitrogen and oxygen atoms in total. The third kappa shape index (κ3) is 11.1. The van der Waals surface area contributed by atoms with Crippen molar-refractivity contribution in [1.29, 1.82) is 0 Å². The lowest BCUT2D eigenvalue weighted by Crippen LogP contribution is -2.44. The van der Waals surface area contributed by atoms with Crippen molar-refractivity contribution in [3.63, 3.8) is 0 Å². The molecule has 0 aromatic heterocycles. The number of methoxy groups -OCH3 is 3. The lowest BCUT2D eigenvalue weighted by Gasteiger charge is -2.25. The molecule has 4 aliphatic heterocycles. The van der Waals surface area contributed by atoms with Crippen molar-refractivity contribution in [1.82, 2.24) is 16.0 Å². The van der Waals surface area contributed by atoms with E-state index in [0.29, 0.717) is 101 Å². The van der Waals surface area contributed by atoms with Crippen molar-refractivity contribution < 1.29 is 57.2 Å². The number of nitrogens with zero attached hydrogens (tertiary/aromatic N) is 3. The second-order valence-electron chi connectivity index (χ2n) is 19.5. The average Bonchev–Trinajstić information content (AvgIpc) is 3.97. The van der Waals surface area contributed by atoms with Crippen LogP contribution in [0.5, 0.6) is 23.0 Å². The van der Waals surface area contributed by atoms with Crippen molar-refractivity contribution >= 4 is 76.1 Å². The molecule has 0 spiro atoms. The van der Waals surface area contributed by atoms with Gasteiger partial charge in [-0.15, -0.1) is 0 Å². The number of carbonyl (C=O) groups excluding carboxylic acids is 7. The third-order valence-corrected chi connectivity index (χ3v) is 14.6. The van der Waals surface area contributed by atoms with Gasteiger partial charge in [-0.25, -0.2) is 0 Å². The van der Waals surface area contributed by atoms with E-state index < -0.39 is 30.8 Å². The zero-order chi connectivity index (χ0) is 53.7. The lowest BCUT2D eigenvalue weighted by molar-refractivity contribution is -0.147. The van der Waals surface area contributed by atoms with Crippen LogP contribution < -0.4 is 55.3 Å². The largest absolute Gasteiger partial charge is 0.493 e. The first kappa shape index (κ1) is 51.5. The smallest absolute Gasteiger partial charge is 0.308 e. The van der Waals surface area contributed by atoms with Gasteiger partial charge < -0.3 is 55.2 Å². The number of hydrogen-bond donors (Lipinski definition) is 5. The van der Waals surface area contributed by atoms with Crippen molar-refractivity contribution in [2.45, 2.75) is 63.8 Å². The first-order valence-electron chi connectivity index (χ1n) is 25.5. The number of para-hydroxylation sites is 2. The monoisotopic (exact) mass is 1050 g/mol. The normalized spacial score (nSPS) is 18.5. The van der Waals surface area contributed by atoms with Crippen molar-refractivity contribution in [3.8, 4) is 23.0 Å². The fourth-order valence-electron chi connectivity index (χ4n) is 10.7. The number of amides is 6. The minimum atomic E-state index is -0.640. The van der Waals surface area contributed by atoms with Crippen LogP contribution >= 0.6 is 0 Å². The Hall–Kier alpha value is -8.94. The minimum Gasteiger partial charge on any atom is -0.493 e. The van der Waals surface area contributed by atoms with Crippen LogP contribution in [-0.4, -0.2) is 107 Å². The second-order valence-corrected chi connectivity index (χ2v) is 19.5. The molecule has 0 bridgehead atoms. The number of carbonyl (C=O) groups is 7. The van der Waals surface area contributed by atoms with Gasteiger partial charge in [0.05, 0.1) is 81.5 Å². The highest BCUT2D eigenvalue weighted by Gasteiger charge is 2.39. The Kier molecular flexibility index (Phi) is 15.1. The standard InChI is InChI=1S/C57H58N8O12/c1-73-47-21-41-43(58-25-39-19-36-8-4-6-10-45(36)64(39)55(41)70)23-49(47)76-30-32-16-33(31-77-50-24-44-42(22-48(50)74-2)56(71)65-40(26-59-44)20-37-9-5-7-11-46(37)65)18-38(17-32)63-53(68)29-61-51(66)27-60-52(67)28-62-54(69)34-12-14-35(15-13-34)57(72)75-3/h4-11,16-18,21-25,34-35,39-40,59H,12-15,19-20,26-31H2,1-3H3,(H,60,67)(H,61,66)(H,62,69)(H,63,68)/t34-,35-,39-,40-/m0/s1. The van der Waals surface area contributed by atoms with E-state index in [4.69, 9.17) is 28.7 Å². The molecule has 0 radical (unpaired) electrons. The Morgan fingerprint density at radius 2 is 1.19 bits per heavy atom. The van der Waals surface area contributed by atoms with E-state index in [1.807, 2.05) is 59.5 Å². The molecule has 10 rings (SSSR count). The predicted molar refractivity (Wildman–Crippen MR) is 284 cm³/mol. The molecule has 398 valence electrons. The molecule has 77 heavy (non-hydrogen) atoms. The van der Waals surface area contributed by atoms with Gasteiger partial charge in [-0.3, -0.25) is 43.5 Å². The van der Waals surface area contributed by atoms with Crippen LogP contribution in [0.25, 0.3) is 0 Å². The number of esters is 1. The number of rotatable bonds is 17. The van der Waals surface area contributed by atoms with Crippen LogP contribution in [0.1, 0.15) is 68.7 Å². The molecule has 1 fully saturated rings. The summed E-state index contributed by atoms with van der Waals surface area (Å²) < 4.78 is 29.1. The summed E-state index contributed by atoms with van der Waals surface area (Å²) in [4.78, 5) is 99.7. The van der Waals surface area contributed by atoms with Gasteiger partial charge in [0, 0.05) is 54.3 Å². The first-order valence-corrected chi connectivity index (χ1v) is 25.5. The molecule has 4 heterocycles. The van der Waals surface area contributed by atoms with Gasteiger partial charge in [-0.1, -0.05) is 36.4 Å². The molecule has 0 unspecified atom stereocenters. The fourth-order valence-corrected chi connectivity index (χ4v) is 10.7. The first-order chi connectivity index (χ1) is 37.4.